The minimum atomic E-state index is -0.0985. The van der Waals surface area contributed by atoms with E-state index in [1.54, 1.807) is 6.07 Å². The highest BCUT2D eigenvalue weighted by molar-refractivity contribution is 5.56. The summed E-state index contributed by atoms with van der Waals surface area (Å²) in [5, 5.41) is 3.42. The van der Waals surface area contributed by atoms with Gasteiger partial charge in [-0.15, -0.1) is 0 Å². The van der Waals surface area contributed by atoms with E-state index in [1.165, 1.54) is 12.8 Å². The zero-order valence-corrected chi connectivity index (χ0v) is 14.0. The molecule has 1 aromatic rings. The molecule has 0 unspecified atom stereocenters. The molecule has 1 N–H and O–H groups in total. The van der Waals surface area contributed by atoms with E-state index in [1.807, 2.05) is 6.07 Å². The Morgan fingerprint density at radius 3 is 2.48 bits per heavy atom. The molecule has 0 spiro atoms. The molecule has 0 saturated heterocycles. The quantitative estimate of drug-likeness (QED) is 0.839. The molecule has 0 aromatic heterocycles. The number of anilines is 1. The highest BCUT2D eigenvalue weighted by Crippen LogP contribution is 2.35. The van der Waals surface area contributed by atoms with Gasteiger partial charge in [-0.1, -0.05) is 19.9 Å². The molecule has 1 aromatic carbocycles. The summed E-state index contributed by atoms with van der Waals surface area (Å²) < 4.78 is 14.3. The smallest absolute Gasteiger partial charge is 0.129 e. The molecule has 118 valence electrons. The van der Waals surface area contributed by atoms with E-state index in [9.17, 15) is 4.39 Å². The predicted molar refractivity (Wildman–Crippen MR) is 88.2 cm³/mol. The van der Waals surface area contributed by atoms with Crippen LogP contribution in [0.25, 0.3) is 0 Å². The molecule has 2 nitrogen and oxygen atoms in total. The number of rotatable bonds is 6. The van der Waals surface area contributed by atoms with Crippen molar-refractivity contribution in [3.63, 3.8) is 0 Å². The minimum absolute atomic E-state index is 0.0119. The van der Waals surface area contributed by atoms with E-state index in [4.69, 9.17) is 0 Å². The van der Waals surface area contributed by atoms with Crippen LogP contribution in [0.2, 0.25) is 0 Å². The zero-order chi connectivity index (χ0) is 15.6. The maximum absolute atomic E-state index is 14.3. The van der Waals surface area contributed by atoms with E-state index < -0.39 is 0 Å². The van der Waals surface area contributed by atoms with Gasteiger partial charge in [-0.3, -0.25) is 0 Å². The Kier molecular flexibility index (Phi) is 4.92. The first-order valence-electron chi connectivity index (χ1n) is 8.07. The Balaban J connectivity index is 2.26. The molecule has 21 heavy (non-hydrogen) atoms. The fourth-order valence-corrected chi connectivity index (χ4v) is 2.57. The molecule has 0 aliphatic heterocycles. The second-order valence-corrected chi connectivity index (χ2v) is 7.62. The zero-order valence-electron chi connectivity index (χ0n) is 14.0. The van der Waals surface area contributed by atoms with Crippen LogP contribution in [0.4, 0.5) is 10.1 Å². The first kappa shape index (κ1) is 16.3. The predicted octanol–water partition coefficient (Wildman–Crippen LogP) is 4.34. The first-order valence-corrected chi connectivity index (χ1v) is 8.07. The summed E-state index contributed by atoms with van der Waals surface area (Å²) in [6, 6.07) is 6.08. The SMILES string of the molecule is CC(C)CN(c1cccc(F)c1CNC(C)(C)C)C1CC1. The van der Waals surface area contributed by atoms with Gasteiger partial charge in [0.25, 0.3) is 0 Å². The fourth-order valence-electron chi connectivity index (χ4n) is 2.57. The summed E-state index contributed by atoms with van der Waals surface area (Å²) in [6.07, 6.45) is 2.46. The topological polar surface area (TPSA) is 15.3 Å². The van der Waals surface area contributed by atoms with Crippen molar-refractivity contribution in [1.82, 2.24) is 5.32 Å². The molecule has 2 rings (SSSR count). The van der Waals surface area contributed by atoms with Gasteiger partial charge in [0.15, 0.2) is 0 Å². The monoisotopic (exact) mass is 292 g/mol. The molecule has 0 bridgehead atoms. The average Bonchev–Trinajstić information content (AvgIpc) is 3.17. The van der Waals surface area contributed by atoms with Crippen molar-refractivity contribution in [2.75, 3.05) is 11.4 Å². The van der Waals surface area contributed by atoms with E-state index in [2.05, 4.69) is 50.9 Å². The van der Waals surface area contributed by atoms with Gasteiger partial charge in [0.05, 0.1) is 0 Å². The highest BCUT2D eigenvalue weighted by Gasteiger charge is 2.31. The molecule has 1 aliphatic carbocycles. The van der Waals surface area contributed by atoms with E-state index >= 15 is 0 Å². The number of hydrogen-bond acceptors (Lipinski definition) is 2. The molecule has 0 atom stereocenters. The lowest BCUT2D eigenvalue weighted by atomic mass is 10.1. The van der Waals surface area contributed by atoms with Gasteiger partial charge < -0.3 is 10.2 Å². The van der Waals surface area contributed by atoms with Crippen LogP contribution in [0.5, 0.6) is 0 Å². The van der Waals surface area contributed by atoms with Crippen LogP contribution in [0.15, 0.2) is 18.2 Å². The van der Waals surface area contributed by atoms with Crippen molar-refractivity contribution in [3.05, 3.63) is 29.6 Å². The summed E-state index contributed by atoms with van der Waals surface area (Å²) in [5.41, 5.74) is 1.87. The lowest BCUT2D eigenvalue weighted by molar-refractivity contribution is 0.418. The highest BCUT2D eigenvalue weighted by atomic mass is 19.1. The average molecular weight is 292 g/mol. The molecule has 1 saturated carbocycles. The molecule has 1 aliphatic rings. The molecular weight excluding hydrogens is 263 g/mol. The molecular formula is C18H29FN2. The standard InChI is InChI=1S/C18H29FN2/c1-13(2)12-21(14-9-10-14)17-8-6-7-16(19)15(17)11-20-18(3,4)5/h6-8,13-14,20H,9-12H2,1-5H3. The molecule has 3 heteroatoms. The first-order chi connectivity index (χ1) is 9.78. The summed E-state index contributed by atoms with van der Waals surface area (Å²) in [6.45, 7) is 12.4. The van der Waals surface area contributed by atoms with Crippen molar-refractivity contribution in [3.8, 4) is 0 Å². The molecule has 0 amide bonds. The Labute approximate surface area is 128 Å². The Hall–Kier alpha value is -1.09. The minimum Gasteiger partial charge on any atom is -0.368 e. The second kappa shape index (κ2) is 6.35. The van der Waals surface area contributed by atoms with Crippen molar-refractivity contribution in [2.45, 2.75) is 65.6 Å². The van der Waals surface area contributed by atoms with Gasteiger partial charge in [-0.05, 0) is 51.7 Å². The number of halogens is 1. The van der Waals surface area contributed by atoms with Crippen LogP contribution in [-0.2, 0) is 6.54 Å². The van der Waals surface area contributed by atoms with Crippen molar-refractivity contribution < 1.29 is 4.39 Å². The van der Waals surface area contributed by atoms with Crippen molar-refractivity contribution in [1.29, 1.82) is 0 Å². The number of hydrogen-bond donors (Lipinski definition) is 1. The fraction of sp³-hybridized carbons (Fsp3) is 0.667. The lowest BCUT2D eigenvalue weighted by Gasteiger charge is -2.30. The number of nitrogens with one attached hydrogen (secondary N) is 1. The second-order valence-electron chi connectivity index (χ2n) is 7.62. The third-order valence-electron chi connectivity index (χ3n) is 3.75. The Morgan fingerprint density at radius 2 is 1.95 bits per heavy atom. The van der Waals surface area contributed by atoms with Crippen LogP contribution >= 0.6 is 0 Å². The van der Waals surface area contributed by atoms with Gasteiger partial charge in [-0.2, -0.15) is 0 Å². The Bertz CT molecular complexity index is 473. The van der Waals surface area contributed by atoms with Crippen LogP contribution < -0.4 is 10.2 Å². The van der Waals surface area contributed by atoms with Gasteiger partial charge in [0.1, 0.15) is 5.82 Å². The molecule has 0 radical (unpaired) electrons. The lowest BCUT2D eigenvalue weighted by Crippen LogP contribution is -2.37. The summed E-state index contributed by atoms with van der Waals surface area (Å²) in [5.74, 6) is 0.482. The maximum atomic E-state index is 14.3. The van der Waals surface area contributed by atoms with Gasteiger partial charge in [-0.25, -0.2) is 4.39 Å². The molecule has 1 fully saturated rings. The van der Waals surface area contributed by atoms with E-state index in [0.29, 0.717) is 18.5 Å². The number of benzene rings is 1. The van der Waals surface area contributed by atoms with Crippen molar-refractivity contribution in [2.24, 2.45) is 5.92 Å². The van der Waals surface area contributed by atoms with E-state index in [-0.39, 0.29) is 11.4 Å². The van der Waals surface area contributed by atoms with Crippen LogP contribution in [0, 0.1) is 11.7 Å². The van der Waals surface area contributed by atoms with E-state index in [0.717, 1.165) is 17.8 Å². The summed E-state index contributed by atoms with van der Waals surface area (Å²) in [7, 11) is 0. The summed E-state index contributed by atoms with van der Waals surface area (Å²) >= 11 is 0. The summed E-state index contributed by atoms with van der Waals surface area (Å²) in [4.78, 5) is 2.41. The Morgan fingerprint density at radius 1 is 1.29 bits per heavy atom. The van der Waals surface area contributed by atoms with Crippen LogP contribution in [0.3, 0.4) is 0 Å². The van der Waals surface area contributed by atoms with Gasteiger partial charge in [0.2, 0.25) is 0 Å². The third-order valence-corrected chi connectivity index (χ3v) is 3.75. The van der Waals surface area contributed by atoms with Crippen LogP contribution in [0.1, 0.15) is 53.0 Å². The van der Waals surface area contributed by atoms with Crippen molar-refractivity contribution >= 4 is 5.69 Å². The normalized spacial score (nSPS) is 15.6. The number of nitrogens with zero attached hydrogens (tertiary/aromatic N) is 1. The van der Waals surface area contributed by atoms with Gasteiger partial charge >= 0.3 is 0 Å². The third kappa shape index (κ3) is 4.70. The van der Waals surface area contributed by atoms with Crippen LogP contribution in [-0.4, -0.2) is 18.1 Å². The largest absolute Gasteiger partial charge is 0.368 e. The maximum Gasteiger partial charge on any atom is 0.129 e. The molecule has 0 heterocycles. The van der Waals surface area contributed by atoms with Gasteiger partial charge in [0, 0.05) is 35.9 Å².